The average molecular weight is 368 g/mol. The molecule has 0 aliphatic heterocycles. The molecular formula is C19H24N6O2. The van der Waals surface area contributed by atoms with Gasteiger partial charge in [-0.2, -0.15) is 5.10 Å². The van der Waals surface area contributed by atoms with E-state index in [1.807, 2.05) is 62.3 Å². The number of likely N-dealkylation sites (N-methyl/N-ethyl adjacent to an activating group) is 1. The highest BCUT2D eigenvalue weighted by Gasteiger charge is 2.16. The third-order valence-electron chi connectivity index (χ3n) is 4.05. The van der Waals surface area contributed by atoms with Crippen molar-refractivity contribution in [1.29, 1.82) is 0 Å². The van der Waals surface area contributed by atoms with Crippen LogP contribution >= 0.6 is 0 Å². The van der Waals surface area contributed by atoms with E-state index in [2.05, 4.69) is 15.4 Å². The van der Waals surface area contributed by atoms with Crippen LogP contribution in [0.25, 0.3) is 5.69 Å². The maximum Gasteiger partial charge on any atom is 0.322 e. The number of anilines is 1. The average Bonchev–Trinajstić information content (AvgIpc) is 3.31. The van der Waals surface area contributed by atoms with Crippen LogP contribution in [0.5, 0.6) is 0 Å². The number of carbonyl (C=O) groups excluding carboxylic acids is 1. The van der Waals surface area contributed by atoms with Crippen molar-refractivity contribution in [2.45, 2.75) is 13.5 Å². The standard InChI is InChI=1S/C19H24N6O2/c1-15-4-9-18(27-15)12-24(11-10-23(2)3)19(26)22-16-5-7-17(8-6-16)25-14-20-13-21-25/h4-9,13-14H,10-12H2,1-3H3,(H,22,26). The minimum atomic E-state index is -0.167. The molecule has 0 saturated heterocycles. The molecule has 0 aliphatic rings. The van der Waals surface area contributed by atoms with Gasteiger partial charge in [0, 0.05) is 18.8 Å². The van der Waals surface area contributed by atoms with E-state index in [9.17, 15) is 4.79 Å². The first kappa shape index (κ1) is 18.7. The first-order valence-electron chi connectivity index (χ1n) is 8.72. The van der Waals surface area contributed by atoms with Gasteiger partial charge in [0.05, 0.1) is 12.2 Å². The second-order valence-electron chi connectivity index (χ2n) is 6.55. The quantitative estimate of drug-likeness (QED) is 0.694. The molecule has 3 aromatic rings. The Hall–Kier alpha value is -3.13. The molecular weight excluding hydrogens is 344 g/mol. The Kier molecular flexibility index (Phi) is 5.87. The Labute approximate surface area is 158 Å². The van der Waals surface area contributed by atoms with Gasteiger partial charge < -0.3 is 19.5 Å². The predicted octanol–water partition coefficient (Wildman–Crippen LogP) is 2.76. The van der Waals surface area contributed by atoms with Crippen LogP contribution in [0.15, 0.2) is 53.5 Å². The van der Waals surface area contributed by atoms with Crippen LogP contribution in [-0.2, 0) is 6.54 Å². The maximum atomic E-state index is 12.8. The highest BCUT2D eigenvalue weighted by atomic mass is 16.3. The van der Waals surface area contributed by atoms with Gasteiger partial charge in [-0.15, -0.1) is 0 Å². The molecule has 0 spiro atoms. The number of nitrogens with one attached hydrogen (secondary N) is 1. The zero-order valence-electron chi connectivity index (χ0n) is 15.8. The van der Waals surface area contributed by atoms with Gasteiger partial charge >= 0.3 is 6.03 Å². The van der Waals surface area contributed by atoms with Gasteiger partial charge in [-0.1, -0.05) is 0 Å². The summed E-state index contributed by atoms with van der Waals surface area (Å²) in [6.07, 6.45) is 3.11. The van der Waals surface area contributed by atoms with E-state index in [0.717, 1.165) is 23.8 Å². The van der Waals surface area contributed by atoms with Gasteiger partial charge in [-0.3, -0.25) is 0 Å². The van der Waals surface area contributed by atoms with Crippen molar-refractivity contribution >= 4 is 11.7 Å². The van der Waals surface area contributed by atoms with E-state index >= 15 is 0 Å². The summed E-state index contributed by atoms with van der Waals surface area (Å²) in [5.74, 6) is 1.60. The van der Waals surface area contributed by atoms with Gasteiger partial charge in [0.25, 0.3) is 0 Å². The number of aryl methyl sites for hydroxylation is 1. The number of urea groups is 1. The molecule has 0 aliphatic carbocycles. The van der Waals surface area contributed by atoms with Crippen LogP contribution in [0.2, 0.25) is 0 Å². The molecule has 0 radical (unpaired) electrons. The molecule has 27 heavy (non-hydrogen) atoms. The number of aromatic nitrogens is 3. The SMILES string of the molecule is Cc1ccc(CN(CCN(C)C)C(=O)Nc2ccc(-n3cncn3)cc2)o1. The van der Waals surface area contributed by atoms with E-state index in [0.29, 0.717) is 18.8 Å². The molecule has 8 heteroatoms. The molecule has 0 fully saturated rings. The number of carbonyl (C=O) groups is 1. The second kappa shape index (κ2) is 8.50. The van der Waals surface area contributed by atoms with Crippen molar-refractivity contribution in [2.24, 2.45) is 0 Å². The summed E-state index contributed by atoms with van der Waals surface area (Å²) in [7, 11) is 3.96. The summed E-state index contributed by atoms with van der Waals surface area (Å²) in [5.41, 5.74) is 1.59. The normalized spacial score (nSPS) is 11.0. The fourth-order valence-corrected chi connectivity index (χ4v) is 2.57. The van der Waals surface area contributed by atoms with Crippen LogP contribution in [0, 0.1) is 6.92 Å². The highest BCUT2D eigenvalue weighted by molar-refractivity contribution is 5.89. The molecule has 3 rings (SSSR count). The van der Waals surface area contributed by atoms with Gasteiger partial charge in [-0.05, 0) is 57.4 Å². The molecule has 142 valence electrons. The molecule has 0 saturated carbocycles. The van der Waals surface area contributed by atoms with Crippen molar-refractivity contribution in [3.8, 4) is 5.69 Å². The Morgan fingerprint density at radius 1 is 1.15 bits per heavy atom. The molecule has 2 amide bonds. The summed E-state index contributed by atoms with van der Waals surface area (Å²) in [6, 6.07) is 11.1. The first-order valence-corrected chi connectivity index (χ1v) is 8.72. The lowest BCUT2D eigenvalue weighted by Crippen LogP contribution is -2.38. The van der Waals surface area contributed by atoms with E-state index < -0.39 is 0 Å². The Balaban J connectivity index is 1.67. The Morgan fingerprint density at radius 3 is 2.52 bits per heavy atom. The minimum absolute atomic E-state index is 0.167. The van der Waals surface area contributed by atoms with Gasteiger partial charge in [0.15, 0.2) is 0 Å². The molecule has 0 atom stereocenters. The number of furan rings is 1. The first-order chi connectivity index (χ1) is 13.0. The fourth-order valence-electron chi connectivity index (χ4n) is 2.57. The van der Waals surface area contributed by atoms with Crippen molar-refractivity contribution in [1.82, 2.24) is 24.6 Å². The van der Waals surface area contributed by atoms with E-state index in [-0.39, 0.29) is 6.03 Å². The maximum absolute atomic E-state index is 12.8. The van der Waals surface area contributed by atoms with Crippen molar-refractivity contribution in [2.75, 3.05) is 32.5 Å². The van der Waals surface area contributed by atoms with Gasteiger partial charge in [0.1, 0.15) is 24.2 Å². The summed E-state index contributed by atoms with van der Waals surface area (Å²) >= 11 is 0. The lowest BCUT2D eigenvalue weighted by Gasteiger charge is -2.24. The Bertz CT molecular complexity index is 855. The largest absolute Gasteiger partial charge is 0.464 e. The van der Waals surface area contributed by atoms with Crippen LogP contribution in [-0.4, -0.2) is 57.8 Å². The van der Waals surface area contributed by atoms with E-state index in [1.165, 1.54) is 6.33 Å². The summed E-state index contributed by atoms with van der Waals surface area (Å²) in [5, 5.41) is 7.04. The van der Waals surface area contributed by atoms with Gasteiger partial charge in [0.2, 0.25) is 0 Å². The van der Waals surface area contributed by atoms with Crippen LogP contribution in [0.3, 0.4) is 0 Å². The molecule has 1 aromatic carbocycles. The smallest absolute Gasteiger partial charge is 0.322 e. The number of amides is 2. The summed E-state index contributed by atoms with van der Waals surface area (Å²) in [6.45, 7) is 3.67. The highest BCUT2D eigenvalue weighted by Crippen LogP contribution is 2.15. The zero-order valence-corrected chi connectivity index (χ0v) is 15.8. The lowest BCUT2D eigenvalue weighted by atomic mass is 10.3. The number of hydrogen-bond donors (Lipinski definition) is 1. The van der Waals surface area contributed by atoms with Gasteiger partial charge in [-0.25, -0.2) is 14.5 Å². The molecule has 0 unspecified atom stereocenters. The third-order valence-corrected chi connectivity index (χ3v) is 4.05. The summed E-state index contributed by atoms with van der Waals surface area (Å²) < 4.78 is 7.29. The predicted molar refractivity (Wildman–Crippen MR) is 103 cm³/mol. The topological polar surface area (TPSA) is 79.4 Å². The van der Waals surface area contributed by atoms with Crippen LogP contribution in [0.4, 0.5) is 10.5 Å². The molecule has 1 N–H and O–H groups in total. The molecule has 8 nitrogen and oxygen atoms in total. The van der Waals surface area contributed by atoms with E-state index in [1.54, 1.807) is 15.9 Å². The number of hydrogen-bond acceptors (Lipinski definition) is 5. The number of nitrogens with zero attached hydrogens (tertiary/aromatic N) is 5. The van der Waals surface area contributed by atoms with Crippen LogP contribution in [0.1, 0.15) is 11.5 Å². The zero-order chi connectivity index (χ0) is 19.2. The van der Waals surface area contributed by atoms with Crippen molar-refractivity contribution in [3.63, 3.8) is 0 Å². The van der Waals surface area contributed by atoms with Crippen molar-refractivity contribution in [3.05, 3.63) is 60.6 Å². The minimum Gasteiger partial charge on any atom is -0.464 e. The number of benzene rings is 1. The lowest BCUT2D eigenvalue weighted by molar-refractivity contribution is 0.196. The molecule has 2 heterocycles. The summed E-state index contributed by atoms with van der Waals surface area (Å²) in [4.78, 5) is 20.5. The molecule has 0 bridgehead atoms. The second-order valence-corrected chi connectivity index (χ2v) is 6.55. The third kappa shape index (κ3) is 5.18. The van der Waals surface area contributed by atoms with Crippen molar-refractivity contribution < 1.29 is 9.21 Å². The monoisotopic (exact) mass is 368 g/mol. The Morgan fingerprint density at radius 2 is 1.93 bits per heavy atom. The van der Waals surface area contributed by atoms with Crippen LogP contribution < -0.4 is 5.32 Å². The number of rotatable bonds is 7. The fraction of sp³-hybridized carbons (Fsp3) is 0.316. The molecule has 2 aromatic heterocycles. The van der Waals surface area contributed by atoms with E-state index in [4.69, 9.17) is 4.42 Å².